The molecular weight excluding hydrogens is 172 g/mol. The molecule has 0 radical (unpaired) electrons. The summed E-state index contributed by atoms with van der Waals surface area (Å²) in [5.41, 5.74) is 0. The average molecular weight is 173 g/mol. The Bertz CT molecular complexity index is 17.1. The van der Waals surface area contributed by atoms with E-state index in [1.165, 1.54) is 0 Å². The van der Waals surface area contributed by atoms with E-state index in [2.05, 4.69) is 0 Å². The summed E-state index contributed by atoms with van der Waals surface area (Å²) in [5, 5.41) is 8.25. The van der Waals surface area contributed by atoms with Crippen molar-refractivity contribution in [3.63, 3.8) is 0 Å². The SMILES string of the molecule is O=C[O-].[Br-].[Ti+2]. The van der Waals surface area contributed by atoms with Crippen LogP contribution in [0, 0.1) is 0 Å². The third-order valence-corrected chi connectivity index (χ3v) is 0. The van der Waals surface area contributed by atoms with Gasteiger partial charge in [0, 0.05) is 6.47 Å². The van der Waals surface area contributed by atoms with Crippen LogP contribution in [-0.2, 0) is 26.5 Å². The molecule has 0 aromatic carbocycles. The zero-order valence-corrected chi connectivity index (χ0v) is 5.42. The van der Waals surface area contributed by atoms with Crippen molar-refractivity contribution in [2.45, 2.75) is 0 Å². The molecule has 0 saturated heterocycles. The van der Waals surface area contributed by atoms with Gasteiger partial charge in [0.1, 0.15) is 0 Å². The van der Waals surface area contributed by atoms with Crippen molar-refractivity contribution in [3.8, 4) is 0 Å². The van der Waals surface area contributed by atoms with Crippen LogP contribution >= 0.6 is 0 Å². The molecule has 4 heteroatoms. The van der Waals surface area contributed by atoms with E-state index < -0.39 is 6.47 Å². The molecule has 0 bridgehead atoms. The smallest absolute Gasteiger partial charge is 1.00 e. The van der Waals surface area contributed by atoms with Crippen LogP contribution in [0.15, 0.2) is 0 Å². The molecule has 0 saturated carbocycles. The molecule has 0 rings (SSSR count). The fraction of sp³-hybridized carbons (Fsp3) is 0. The maximum Gasteiger partial charge on any atom is 2.00 e. The summed E-state index contributed by atoms with van der Waals surface area (Å²) in [6.45, 7) is -0.500. The average Bonchev–Trinajstić information content (AvgIpc) is 0.918. The normalized spacial score (nSPS) is 2.40. The first-order valence-electron chi connectivity index (χ1n) is 0.471. The van der Waals surface area contributed by atoms with Crippen molar-refractivity contribution in [2.24, 2.45) is 0 Å². The van der Waals surface area contributed by atoms with E-state index >= 15 is 0 Å². The molecule has 0 aliphatic carbocycles. The molecule has 0 N–H and O–H groups in total. The second kappa shape index (κ2) is 22.6. The Morgan fingerprint density at radius 2 is 1.60 bits per heavy atom. The Balaban J connectivity index is -0.0000000200. The second-order valence-electron chi connectivity index (χ2n) is 0.0962. The molecule has 0 spiro atoms. The van der Waals surface area contributed by atoms with E-state index in [1.807, 2.05) is 0 Å². The van der Waals surface area contributed by atoms with Gasteiger partial charge >= 0.3 is 21.7 Å². The largest absolute Gasteiger partial charge is 2.00 e. The maximum absolute atomic E-state index is 8.25. The maximum atomic E-state index is 8.25. The van der Waals surface area contributed by atoms with Gasteiger partial charge in [0.15, 0.2) is 0 Å². The van der Waals surface area contributed by atoms with Crippen molar-refractivity contribution in [2.75, 3.05) is 0 Å². The van der Waals surface area contributed by atoms with Gasteiger partial charge in [-0.15, -0.1) is 0 Å². The van der Waals surface area contributed by atoms with E-state index in [4.69, 9.17) is 9.90 Å². The first-order chi connectivity index (χ1) is 1.41. The van der Waals surface area contributed by atoms with Crippen LogP contribution in [0.2, 0.25) is 0 Å². The second-order valence-corrected chi connectivity index (χ2v) is 0.0962. The molecule has 0 aromatic heterocycles. The number of hydrogen-bond acceptors (Lipinski definition) is 2. The molecule has 0 aliphatic rings. The number of carboxylic acid groups (broad SMARTS) is 1. The van der Waals surface area contributed by atoms with E-state index in [-0.39, 0.29) is 38.7 Å². The molecule has 28 valence electrons. The van der Waals surface area contributed by atoms with Gasteiger partial charge < -0.3 is 26.9 Å². The van der Waals surface area contributed by atoms with Gasteiger partial charge in [-0.2, -0.15) is 0 Å². The molecule has 0 heterocycles. The first kappa shape index (κ1) is 17.4. The zero-order valence-electron chi connectivity index (χ0n) is 2.27. The van der Waals surface area contributed by atoms with Crippen LogP contribution < -0.4 is 22.1 Å². The summed E-state index contributed by atoms with van der Waals surface area (Å²) < 4.78 is 0. The molecule has 0 unspecified atom stereocenters. The molecule has 0 atom stereocenters. The van der Waals surface area contributed by atoms with E-state index in [0.717, 1.165) is 0 Å². The fourth-order valence-electron chi connectivity index (χ4n) is 0. The summed E-state index contributed by atoms with van der Waals surface area (Å²) in [6, 6.07) is 0. The van der Waals surface area contributed by atoms with E-state index in [0.29, 0.717) is 0 Å². The Labute approximate surface area is 55.2 Å². The van der Waals surface area contributed by atoms with Gasteiger partial charge in [-0.05, 0) is 0 Å². The van der Waals surface area contributed by atoms with Gasteiger partial charge in [-0.3, -0.25) is 0 Å². The molecule has 2 nitrogen and oxygen atoms in total. The molecule has 0 aliphatic heterocycles. The van der Waals surface area contributed by atoms with Crippen molar-refractivity contribution in [1.82, 2.24) is 0 Å². The minimum Gasteiger partial charge on any atom is -1.00 e. The fourth-order valence-corrected chi connectivity index (χ4v) is 0. The van der Waals surface area contributed by atoms with Crippen molar-refractivity contribution < 1.29 is 48.6 Å². The molecular formula is CHBrO2Ti. The Morgan fingerprint density at radius 3 is 1.60 bits per heavy atom. The van der Waals surface area contributed by atoms with Crippen molar-refractivity contribution >= 4 is 6.47 Å². The molecule has 0 aromatic rings. The van der Waals surface area contributed by atoms with E-state index in [1.54, 1.807) is 0 Å². The number of halogens is 1. The van der Waals surface area contributed by atoms with Crippen molar-refractivity contribution in [3.05, 3.63) is 0 Å². The van der Waals surface area contributed by atoms with Gasteiger partial charge in [-0.25, -0.2) is 0 Å². The molecule has 0 fully saturated rings. The van der Waals surface area contributed by atoms with Crippen LogP contribution in [-0.4, -0.2) is 6.47 Å². The number of rotatable bonds is 0. The summed E-state index contributed by atoms with van der Waals surface area (Å²) in [6.07, 6.45) is 0. The summed E-state index contributed by atoms with van der Waals surface area (Å²) in [5.74, 6) is 0. The third-order valence-electron chi connectivity index (χ3n) is 0. The summed E-state index contributed by atoms with van der Waals surface area (Å²) >= 11 is 0. The number of carbonyl (C=O) groups excluding carboxylic acids is 1. The molecule has 0 amide bonds. The van der Waals surface area contributed by atoms with Gasteiger partial charge in [-0.1, -0.05) is 0 Å². The predicted molar refractivity (Wildman–Crippen MR) is 6.06 cm³/mol. The van der Waals surface area contributed by atoms with Gasteiger partial charge in [0.05, 0.1) is 0 Å². The van der Waals surface area contributed by atoms with Gasteiger partial charge in [0.2, 0.25) is 0 Å². The zero-order chi connectivity index (χ0) is 2.71. The third kappa shape index (κ3) is 75.0. The van der Waals surface area contributed by atoms with Crippen LogP contribution in [0.1, 0.15) is 0 Å². The number of carbonyl (C=O) groups is 1. The van der Waals surface area contributed by atoms with Crippen LogP contribution in [0.5, 0.6) is 0 Å². The quantitative estimate of drug-likeness (QED) is 0.273. The number of hydrogen-bond donors (Lipinski definition) is 0. The Kier molecular flexibility index (Phi) is 78.5. The first-order valence-corrected chi connectivity index (χ1v) is 0.471. The standard InChI is InChI=1S/CH2O2.BrH.Ti/c2-1-3;;/h1H,(H,2,3);1H;/q;;+2/p-2. The van der Waals surface area contributed by atoms with Crippen LogP contribution in [0.25, 0.3) is 0 Å². The van der Waals surface area contributed by atoms with Crippen LogP contribution in [0.3, 0.4) is 0 Å². The Hall–Kier alpha value is 0.664. The monoisotopic (exact) mass is 172 g/mol. The summed E-state index contributed by atoms with van der Waals surface area (Å²) in [4.78, 5) is 8.25. The van der Waals surface area contributed by atoms with Crippen LogP contribution in [0.4, 0.5) is 0 Å². The Morgan fingerprint density at radius 1 is 1.60 bits per heavy atom. The van der Waals surface area contributed by atoms with E-state index in [9.17, 15) is 0 Å². The van der Waals surface area contributed by atoms with Gasteiger partial charge in [0.25, 0.3) is 0 Å². The van der Waals surface area contributed by atoms with Crippen molar-refractivity contribution in [1.29, 1.82) is 0 Å². The molecule has 5 heavy (non-hydrogen) atoms. The minimum atomic E-state index is -0.500. The topological polar surface area (TPSA) is 40.1 Å². The predicted octanol–water partition coefficient (Wildman–Crippen LogP) is -4.63. The summed E-state index contributed by atoms with van der Waals surface area (Å²) in [7, 11) is 0. The minimum absolute atomic E-state index is 0.